The number of nitrogens with zero attached hydrogens (tertiary/aromatic N) is 2. The number of hydrogen-bond acceptors (Lipinski definition) is 10. The molecule has 14 heteroatoms. The van der Waals surface area contributed by atoms with Crippen molar-refractivity contribution in [2.24, 2.45) is 10.8 Å². The van der Waals surface area contributed by atoms with E-state index in [-0.39, 0.29) is 51.1 Å². The number of anilines is 4. The van der Waals surface area contributed by atoms with Gasteiger partial charge in [0.05, 0.1) is 48.2 Å². The van der Waals surface area contributed by atoms with Crippen molar-refractivity contribution in [1.29, 1.82) is 0 Å². The first kappa shape index (κ1) is 51.4. The van der Waals surface area contributed by atoms with Crippen LogP contribution in [0.25, 0.3) is 0 Å². The van der Waals surface area contributed by atoms with Crippen molar-refractivity contribution in [2.45, 2.75) is 121 Å². The lowest BCUT2D eigenvalue weighted by Crippen LogP contribution is -2.38. The Balaban J connectivity index is 0.000000245. The summed E-state index contributed by atoms with van der Waals surface area (Å²) in [7, 11) is -7.18. The molecule has 0 radical (unpaired) electrons. The van der Waals surface area contributed by atoms with E-state index in [1.165, 1.54) is 6.07 Å². The van der Waals surface area contributed by atoms with Crippen LogP contribution in [0.2, 0.25) is 0 Å². The topological polar surface area (TPSA) is 131 Å². The number of halogens is 2. The van der Waals surface area contributed by atoms with Crippen molar-refractivity contribution in [1.82, 2.24) is 0 Å². The van der Waals surface area contributed by atoms with E-state index >= 15 is 0 Å². The van der Waals surface area contributed by atoms with Crippen LogP contribution in [0.15, 0.2) is 104 Å². The number of esters is 1. The molecule has 0 saturated heterocycles. The molecule has 0 amide bonds. The fourth-order valence-corrected chi connectivity index (χ4v) is 14.1. The molecule has 1 N–H and O–H groups in total. The molecule has 64 heavy (non-hydrogen) atoms. The van der Waals surface area contributed by atoms with Crippen LogP contribution in [0, 0.1) is 10.8 Å². The Morgan fingerprint density at radius 3 is 1.44 bits per heavy atom. The third kappa shape index (κ3) is 12.8. The number of hydrogen-bond donors (Lipinski definition) is 1. The molecule has 6 rings (SSSR count). The fraction of sp³-hybridized carbons (Fsp3) is 0.500. The minimum absolute atomic E-state index is 0.0463. The number of carbonyl (C=O) groups excluding carboxylic acids is 1. The Kier molecular flexibility index (Phi) is 18.7. The van der Waals surface area contributed by atoms with Crippen molar-refractivity contribution in [3.8, 4) is 11.5 Å². The Morgan fingerprint density at radius 2 is 1.03 bits per heavy atom. The molecule has 0 spiro atoms. The summed E-state index contributed by atoms with van der Waals surface area (Å²) in [6.07, 6.45) is 11.6. The van der Waals surface area contributed by atoms with Gasteiger partial charge >= 0.3 is 5.97 Å². The van der Waals surface area contributed by atoms with Crippen molar-refractivity contribution in [2.75, 3.05) is 47.6 Å². The minimum atomic E-state index is -3.63. The number of unbranched alkanes of at least 4 members (excludes halogenated alkanes) is 4. The molecule has 0 unspecified atom stereocenters. The van der Waals surface area contributed by atoms with Gasteiger partial charge in [0.1, 0.15) is 11.5 Å². The molecular formula is C50H66Br2N2O8S2. The first-order valence-electron chi connectivity index (χ1n) is 22.8. The molecule has 0 aliphatic carbocycles. The molecule has 350 valence electrons. The predicted molar refractivity (Wildman–Crippen MR) is 266 cm³/mol. The third-order valence-corrected chi connectivity index (χ3v) is 17.5. The molecule has 0 atom stereocenters. The van der Waals surface area contributed by atoms with Crippen molar-refractivity contribution in [3.63, 3.8) is 0 Å². The number of aromatic hydroxyl groups is 1. The van der Waals surface area contributed by atoms with Gasteiger partial charge in [-0.05, 0) is 101 Å². The number of benzene rings is 4. The molecule has 0 saturated carbocycles. The van der Waals surface area contributed by atoms with Crippen LogP contribution < -0.4 is 14.5 Å². The highest BCUT2D eigenvalue weighted by Crippen LogP contribution is 2.49. The van der Waals surface area contributed by atoms with Gasteiger partial charge in [-0.25, -0.2) is 21.6 Å². The molecular weight excluding hydrogens is 980 g/mol. The SMILES string of the molecule is CCCCC1(CCCC)CN(c2ccccc2)c2cc(Br)c(O)cc2S(=O)(=O)C1.CCCCC1(CCCC)CN(c2ccccc2)c2cc(Br)c(OCC(=O)OCC)cc2S(=O)(=O)C1. The standard InChI is InChI=1S/C27H36BrNO5S.C23H30BrNO3S/c1-4-7-14-27(15-8-5-2)19-29(21-12-10-9-11-13-21)23-16-22(28)24(34-18-26(30)33-6-3)17-25(23)35(31,32)20-27;1-3-5-12-23(13-6-4-2)16-25(18-10-8-7-9-11-18)20-14-19(24)21(26)15-22(20)29(27,28)17-23/h9-13,16-17H,4-8,14-15,18-20H2,1-3H3;7-11,14-15,26H,3-6,12-13,16-17H2,1-2H3. The number of carbonyl (C=O) groups is 1. The van der Waals surface area contributed by atoms with Crippen LogP contribution in [0.4, 0.5) is 22.7 Å². The third-order valence-electron chi connectivity index (χ3n) is 12.3. The smallest absolute Gasteiger partial charge is 0.344 e. The Morgan fingerprint density at radius 1 is 0.625 bits per heavy atom. The minimum Gasteiger partial charge on any atom is -0.507 e. The van der Waals surface area contributed by atoms with Crippen molar-refractivity contribution < 1.29 is 36.2 Å². The number of ether oxygens (including phenoxy) is 2. The van der Waals surface area contributed by atoms with Gasteiger partial charge < -0.3 is 24.4 Å². The lowest BCUT2D eigenvalue weighted by molar-refractivity contribution is -0.145. The summed E-state index contributed by atoms with van der Waals surface area (Å²) >= 11 is 6.92. The first-order valence-corrected chi connectivity index (χ1v) is 27.7. The second kappa shape index (κ2) is 23.2. The summed E-state index contributed by atoms with van der Waals surface area (Å²) in [5.74, 6) is -0.0219. The molecule has 2 aliphatic rings. The molecule has 2 aliphatic heterocycles. The number of rotatable bonds is 18. The van der Waals surface area contributed by atoms with E-state index < -0.39 is 25.6 Å². The van der Waals surface area contributed by atoms with Gasteiger partial charge in [-0.3, -0.25) is 0 Å². The summed E-state index contributed by atoms with van der Waals surface area (Å²) in [5.41, 5.74) is 2.51. The highest BCUT2D eigenvalue weighted by molar-refractivity contribution is 9.11. The van der Waals surface area contributed by atoms with E-state index in [4.69, 9.17) is 9.47 Å². The largest absolute Gasteiger partial charge is 0.507 e. The van der Waals surface area contributed by atoms with Gasteiger partial charge in [0.2, 0.25) is 0 Å². The quantitative estimate of drug-likeness (QED) is 0.0961. The lowest BCUT2D eigenvalue weighted by Gasteiger charge is -2.37. The van der Waals surface area contributed by atoms with Gasteiger partial charge in [0.25, 0.3) is 0 Å². The highest BCUT2D eigenvalue weighted by Gasteiger charge is 2.44. The van der Waals surface area contributed by atoms with Gasteiger partial charge in [0.15, 0.2) is 26.3 Å². The Hall–Kier alpha value is -3.59. The average molecular weight is 1050 g/mol. The Bertz CT molecular complexity index is 2370. The van der Waals surface area contributed by atoms with E-state index in [9.17, 15) is 26.7 Å². The zero-order valence-corrected chi connectivity index (χ0v) is 42.9. The van der Waals surface area contributed by atoms with Gasteiger partial charge in [0, 0.05) is 47.4 Å². The van der Waals surface area contributed by atoms with Crippen LogP contribution in [0.5, 0.6) is 11.5 Å². The molecule has 0 fully saturated rings. The maximum absolute atomic E-state index is 13.9. The zero-order chi connectivity index (χ0) is 46.5. The molecule has 10 nitrogen and oxygen atoms in total. The van der Waals surface area contributed by atoms with Gasteiger partial charge in [-0.2, -0.15) is 0 Å². The Labute approximate surface area is 399 Å². The van der Waals surface area contributed by atoms with Crippen molar-refractivity contribution in [3.05, 3.63) is 93.9 Å². The number of phenolic OH excluding ortho intramolecular Hbond substituents is 1. The summed E-state index contributed by atoms with van der Waals surface area (Å²) in [6, 6.07) is 26.4. The van der Waals surface area contributed by atoms with Gasteiger partial charge in [-0.15, -0.1) is 0 Å². The number of para-hydroxylation sites is 2. The first-order chi connectivity index (χ1) is 30.6. The maximum Gasteiger partial charge on any atom is 0.344 e. The van der Waals surface area contributed by atoms with Gasteiger partial charge in [-0.1, -0.05) is 115 Å². The number of phenols is 1. The maximum atomic E-state index is 13.9. The lowest BCUT2D eigenvalue weighted by atomic mass is 9.79. The summed E-state index contributed by atoms with van der Waals surface area (Å²) in [4.78, 5) is 16.6. The number of fused-ring (bicyclic) bond motifs is 2. The molecule has 0 bridgehead atoms. The average Bonchev–Trinajstić information content (AvgIpc) is 3.43. The highest BCUT2D eigenvalue weighted by atomic mass is 79.9. The monoisotopic (exact) mass is 1040 g/mol. The number of sulfone groups is 2. The van der Waals surface area contributed by atoms with Crippen LogP contribution in [0.1, 0.15) is 112 Å². The zero-order valence-electron chi connectivity index (χ0n) is 38.1. The van der Waals surface area contributed by atoms with Crippen LogP contribution in [-0.4, -0.2) is 65.7 Å². The van der Waals surface area contributed by atoms with Crippen LogP contribution in [-0.2, 0) is 29.2 Å². The summed E-state index contributed by atoms with van der Waals surface area (Å²) in [6.45, 7) is 11.6. The normalized spacial score (nSPS) is 16.9. The van der Waals surface area contributed by atoms with Crippen molar-refractivity contribution >= 4 is 80.3 Å². The fourth-order valence-electron chi connectivity index (χ4n) is 9.06. The summed E-state index contributed by atoms with van der Waals surface area (Å²) in [5, 5.41) is 10.2. The van der Waals surface area contributed by atoms with E-state index in [1.807, 2.05) is 60.7 Å². The van der Waals surface area contributed by atoms with E-state index in [2.05, 4.69) is 69.4 Å². The molecule has 0 aromatic heterocycles. The van der Waals surface area contributed by atoms with Crippen LogP contribution >= 0.6 is 31.9 Å². The van der Waals surface area contributed by atoms with E-state index in [0.29, 0.717) is 39.2 Å². The second-order valence-corrected chi connectivity index (χ2v) is 23.0. The molecule has 4 aromatic carbocycles. The van der Waals surface area contributed by atoms with E-state index in [0.717, 1.165) is 88.4 Å². The predicted octanol–water partition coefficient (Wildman–Crippen LogP) is 13.1. The summed E-state index contributed by atoms with van der Waals surface area (Å²) < 4.78 is 66.6. The molecule has 4 aromatic rings. The molecule has 2 heterocycles. The van der Waals surface area contributed by atoms with E-state index in [1.54, 1.807) is 25.1 Å². The van der Waals surface area contributed by atoms with Crippen LogP contribution in [0.3, 0.4) is 0 Å². The second-order valence-electron chi connectivity index (χ2n) is 17.4.